The van der Waals surface area contributed by atoms with E-state index < -0.39 is 0 Å². The number of nitrogens with zero attached hydrogens (tertiary/aromatic N) is 1. The fourth-order valence-electron chi connectivity index (χ4n) is 3.05. The molecule has 0 bridgehead atoms. The Kier molecular flexibility index (Phi) is 5.05. The zero-order valence-electron chi connectivity index (χ0n) is 12.4. The topological polar surface area (TPSA) is 24.5 Å². The molecule has 0 radical (unpaired) electrons. The van der Waals surface area contributed by atoms with Crippen molar-refractivity contribution in [3.05, 3.63) is 0 Å². The van der Waals surface area contributed by atoms with E-state index in [4.69, 9.17) is 4.74 Å². The van der Waals surface area contributed by atoms with Crippen molar-refractivity contribution in [2.75, 3.05) is 39.3 Å². The second-order valence-corrected chi connectivity index (χ2v) is 6.99. The number of nitrogens with one attached hydrogen (secondary N) is 1. The number of hydrogen-bond acceptors (Lipinski definition) is 3. The highest BCUT2D eigenvalue weighted by Gasteiger charge is 2.31. The molecule has 2 heterocycles. The minimum Gasteiger partial charge on any atom is -0.377 e. The number of hydrogen-bond donors (Lipinski definition) is 1. The second-order valence-electron chi connectivity index (χ2n) is 6.99. The van der Waals surface area contributed by atoms with E-state index in [1.54, 1.807) is 0 Å². The molecule has 18 heavy (non-hydrogen) atoms. The molecule has 1 N–H and O–H groups in total. The molecule has 0 spiro atoms. The van der Waals surface area contributed by atoms with E-state index >= 15 is 0 Å². The molecule has 0 aromatic rings. The molecule has 3 heteroatoms. The van der Waals surface area contributed by atoms with Crippen LogP contribution in [0.15, 0.2) is 0 Å². The summed E-state index contributed by atoms with van der Waals surface area (Å²) in [4.78, 5) is 2.61. The van der Waals surface area contributed by atoms with Crippen molar-refractivity contribution < 1.29 is 4.74 Å². The maximum absolute atomic E-state index is 5.61. The molecule has 0 aromatic carbocycles. The summed E-state index contributed by atoms with van der Waals surface area (Å²) in [7, 11) is 0. The van der Waals surface area contributed by atoms with E-state index in [0.29, 0.717) is 11.5 Å². The third-order valence-electron chi connectivity index (χ3n) is 4.50. The lowest BCUT2D eigenvalue weighted by atomic mass is 9.80. The molecule has 2 aliphatic heterocycles. The van der Waals surface area contributed by atoms with E-state index in [9.17, 15) is 0 Å². The van der Waals surface area contributed by atoms with Crippen LogP contribution in [-0.2, 0) is 4.74 Å². The Morgan fingerprint density at radius 1 is 1.28 bits per heavy atom. The van der Waals surface area contributed by atoms with E-state index in [2.05, 4.69) is 31.0 Å². The normalized spacial score (nSPS) is 30.2. The van der Waals surface area contributed by atoms with Gasteiger partial charge < -0.3 is 15.0 Å². The van der Waals surface area contributed by atoms with Crippen LogP contribution in [0, 0.1) is 11.3 Å². The van der Waals surface area contributed by atoms with Crippen molar-refractivity contribution in [1.82, 2.24) is 10.2 Å². The summed E-state index contributed by atoms with van der Waals surface area (Å²) in [6, 6.07) is 0. The van der Waals surface area contributed by atoms with Gasteiger partial charge in [-0.15, -0.1) is 0 Å². The molecular formula is C15H30N2O. The SMILES string of the molecule is CC(C)(C)C1CCN(CCNCC2CCCO2)C1. The van der Waals surface area contributed by atoms with E-state index in [1.807, 2.05) is 0 Å². The molecule has 0 saturated carbocycles. The van der Waals surface area contributed by atoms with Crippen LogP contribution in [0.5, 0.6) is 0 Å². The van der Waals surface area contributed by atoms with Crippen molar-refractivity contribution >= 4 is 0 Å². The van der Waals surface area contributed by atoms with Crippen LogP contribution in [0.1, 0.15) is 40.0 Å². The lowest BCUT2D eigenvalue weighted by Gasteiger charge is -2.27. The third kappa shape index (κ3) is 4.22. The van der Waals surface area contributed by atoms with Gasteiger partial charge in [-0.05, 0) is 37.1 Å². The van der Waals surface area contributed by atoms with Gasteiger partial charge in [-0.1, -0.05) is 20.8 Å². The Labute approximate surface area is 112 Å². The van der Waals surface area contributed by atoms with Gasteiger partial charge in [0, 0.05) is 32.8 Å². The van der Waals surface area contributed by atoms with Crippen molar-refractivity contribution in [1.29, 1.82) is 0 Å². The molecular weight excluding hydrogens is 224 g/mol. The van der Waals surface area contributed by atoms with Crippen molar-refractivity contribution in [3.8, 4) is 0 Å². The molecule has 2 fully saturated rings. The Morgan fingerprint density at radius 2 is 2.11 bits per heavy atom. The van der Waals surface area contributed by atoms with Gasteiger partial charge in [0.2, 0.25) is 0 Å². The van der Waals surface area contributed by atoms with E-state index in [0.717, 1.165) is 25.6 Å². The fraction of sp³-hybridized carbons (Fsp3) is 1.00. The van der Waals surface area contributed by atoms with Crippen LogP contribution in [0.3, 0.4) is 0 Å². The number of rotatable bonds is 5. The van der Waals surface area contributed by atoms with Crippen LogP contribution < -0.4 is 5.32 Å². The second kappa shape index (κ2) is 6.36. The van der Waals surface area contributed by atoms with Crippen LogP contribution in [-0.4, -0.2) is 50.3 Å². The largest absolute Gasteiger partial charge is 0.377 e. The third-order valence-corrected chi connectivity index (χ3v) is 4.50. The summed E-state index contributed by atoms with van der Waals surface area (Å²) in [5, 5.41) is 3.54. The van der Waals surface area contributed by atoms with E-state index in [1.165, 1.54) is 38.9 Å². The summed E-state index contributed by atoms with van der Waals surface area (Å²) in [5.41, 5.74) is 0.472. The van der Waals surface area contributed by atoms with Gasteiger partial charge in [0.25, 0.3) is 0 Å². The highest BCUT2D eigenvalue weighted by molar-refractivity contribution is 4.84. The van der Waals surface area contributed by atoms with Crippen LogP contribution >= 0.6 is 0 Å². The van der Waals surface area contributed by atoms with Crippen LogP contribution in [0.2, 0.25) is 0 Å². The predicted octanol–water partition coefficient (Wildman–Crippen LogP) is 2.12. The number of ether oxygens (including phenoxy) is 1. The molecule has 0 aromatic heterocycles. The Morgan fingerprint density at radius 3 is 2.72 bits per heavy atom. The summed E-state index contributed by atoms with van der Waals surface area (Å²) < 4.78 is 5.61. The average molecular weight is 254 g/mol. The van der Waals surface area contributed by atoms with Gasteiger partial charge in [-0.2, -0.15) is 0 Å². The maximum Gasteiger partial charge on any atom is 0.0700 e. The number of likely N-dealkylation sites (tertiary alicyclic amines) is 1. The Balaban J connectivity index is 1.55. The monoisotopic (exact) mass is 254 g/mol. The van der Waals surface area contributed by atoms with Crippen molar-refractivity contribution in [2.45, 2.75) is 46.1 Å². The molecule has 2 unspecified atom stereocenters. The summed E-state index contributed by atoms with van der Waals surface area (Å²) >= 11 is 0. The first kappa shape index (κ1) is 14.3. The maximum atomic E-state index is 5.61. The summed E-state index contributed by atoms with van der Waals surface area (Å²) in [6.45, 7) is 14.0. The first-order chi connectivity index (χ1) is 8.55. The minimum atomic E-state index is 0.472. The van der Waals surface area contributed by atoms with Crippen molar-refractivity contribution in [2.24, 2.45) is 11.3 Å². The first-order valence-corrected chi connectivity index (χ1v) is 7.60. The Hall–Kier alpha value is -0.120. The van der Waals surface area contributed by atoms with Gasteiger partial charge in [0.05, 0.1) is 6.10 Å². The molecule has 0 aliphatic carbocycles. The molecule has 106 valence electrons. The molecule has 3 nitrogen and oxygen atoms in total. The molecule has 2 rings (SSSR count). The molecule has 2 atom stereocenters. The quantitative estimate of drug-likeness (QED) is 0.761. The van der Waals surface area contributed by atoms with Crippen LogP contribution in [0.25, 0.3) is 0 Å². The lowest BCUT2D eigenvalue weighted by molar-refractivity contribution is 0.109. The fourth-order valence-corrected chi connectivity index (χ4v) is 3.05. The molecule has 0 amide bonds. The van der Waals surface area contributed by atoms with Gasteiger partial charge in [-0.25, -0.2) is 0 Å². The molecule has 2 saturated heterocycles. The Bertz CT molecular complexity index is 243. The summed E-state index contributed by atoms with van der Waals surface area (Å²) in [6.07, 6.45) is 4.33. The van der Waals surface area contributed by atoms with Crippen molar-refractivity contribution in [3.63, 3.8) is 0 Å². The highest BCUT2D eigenvalue weighted by atomic mass is 16.5. The van der Waals surface area contributed by atoms with Gasteiger partial charge in [0.15, 0.2) is 0 Å². The van der Waals surface area contributed by atoms with E-state index in [-0.39, 0.29) is 0 Å². The zero-order chi connectivity index (χ0) is 13.0. The predicted molar refractivity (Wildman–Crippen MR) is 75.8 cm³/mol. The minimum absolute atomic E-state index is 0.472. The summed E-state index contributed by atoms with van der Waals surface area (Å²) in [5.74, 6) is 0.871. The first-order valence-electron chi connectivity index (χ1n) is 7.60. The smallest absolute Gasteiger partial charge is 0.0700 e. The lowest BCUT2D eigenvalue weighted by Crippen LogP contribution is -2.35. The zero-order valence-corrected chi connectivity index (χ0v) is 12.4. The van der Waals surface area contributed by atoms with Gasteiger partial charge in [-0.3, -0.25) is 0 Å². The van der Waals surface area contributed by atoms with Gasteiger partial charge in [0.1, 0.15) is 0 Å². The molecule has 2 aliphatic rings. The van der Waals surface area contributed by atoms with Crippen LogP contribution in [0.4, 0.5) is 0 Å². The van der Waals surface area contributed by atoms with Gasteiger partial charge >= 0.3 is 0 Å². The average Bonchev–Trinajstić information content (AvgIpc) is 2.95. The standard InChI is InChI=1S/C15H30N2O/c1-15(2,3)13-6-8-17(12-13)9-7-16-11-14-5-4-10-18-14/h13-14,16H,4-12H2,1-3H3. The highest BCUT2D eigenvalue weighted by Crippen LogP contribution is 2.33.